The number of allylic oxidation sites excluding steroid dienone is 4. The van der Waals surface area contributed by atoms with E-state index in [1.807, 2.05) is 84.3 Å². The van der Waals surface area contributed by atoms with Gasteiger partial charge in [0, 0.05) is 27.8 Å². The lowest BCUT2D eigenvalue weighted by atomic mass is 9.44. The molecule has 6 unspecified atom stereocenters. The minimum atomic E-state index is -1.44. The molecule has 1 aliphatic heterocycles. The van der Waals surface area contributed by atoms with Crippen molar-refractivity contribution in [1.82, 2.24) is 4.90 Å². The second-order valence-electron chi connectivity index (χ2n) is 13.0. The zero-order valence-electron chi connectivity index (χ0n) is 26.2. The third-order valence-electron chi connectivity index (χ3n) is 10.9. The van der Waals surface area contributed by atoms with E-state index < -0.39 is 35.0 Å². The Bertz CT molecular complexity index is 2020. The van der Waals surface area contributed by atoms with Crippen molar-refractivity contribution in [3.05, 3.63) is 136 Å². The molecule has 2 fully saturated rings. The van der Waals surface area contributed by atoms with E-state index >= 15 is 4.79 Å². The van der Waals surface area contributed by atoms with Crippen LogP contribution in [0, 0.1) is 23.7 Å². The van der Waals surface area contributed by atoms with Crippen molar-refractivity contribution >= 4 is 40.3 Å². The number of hydrogen-bond acceptors (Lipinski definition) is 7. The lowest BCUT2D eigenvalue weighted by Gasteiger charge is -2.55. The fraction of sp³-hybridized carbons (Fsp3) is 0.250. The van der Waals surface area contributed by atoms with Gasteiger partial charge in [0.25, 0.3) is 0 Å². The van der Waals surface area contributed by atoms with Crippen molar-refractivity contribution in [2.45, 2.75) is 30.7 Å². The topological polar surface area (TPSA) is 101 Å². The normalized spacial score (nSPS) is 27.9. The fourth-order valence-corrected chi connectivity index (χ4v) is 9.66. The number of aromatic hydroxyl groups is 1. The molecule has 1 saturated heterocycles. The van der Waals surface area contributed by atoms with Crippen LogP contribution in [-0.4, -0.2) is 40.5 Å². The third kappa shape index (κ3) is 4.32. The molecule has 4 aromatic rings. The maximum Gasteiger partial charge on any atom is 0.234 e. The summed E-state index contributed by atoms with van der Waals surface area (Å²) in [5.74, 6) is -4.11. The van der Waals surface area contributed by atoms with E-state index in [0.717, 1.165) is 10.5 Å². The summed E-state index contributed by atoms with van der Waals surface area (Å²) in [6, 6.07) is 27.3. The Morgan fingerprint density at radius 2 is 1.62 bits per heavy atom. The van der Waals surface area contributed by atoms with Gasteiger partial charge in [-0.2, -0.15) is 0 Å². The zero-order valence-corrected chi connectivity index (χ0v) is 27.1. The average molecular weight is 656 g/mol. The van der Waals surface area contributed by atoms with E-state index in [2.05, 4.69) is 0 Å². The molecule has 1 saturated carbocycles. The SMILES string of the molecule is COc1cccc(O)c1C1C2=CCC3C(=O)N(Cc4cccs4)C(=O)C3C2CC2C(=O)C(c3ccccc3)=CC(=O)C21c1ccccc1. The van der Waals surface area contributed by atoms with Crippen molar-refractivity contribution in [1.29, 1.82) is 0 Å². The zero-order chi connectivity index (χ0) is 33.2. The summed E-state index contributed by atoms with van der Waals surface area (Å²) in [7, 11) is 1.51. The van der Waals surface area contributed by atoms with Gasteiger partial charge in [-0.1, -0.05) is 84.4 Å². The Morgan fingerprint density at radius 1 is 0.875 bits per heavy atom. The van der Waals surface area contributed by atoms with Crippen molar-refractivity contribution in [3.63, 3.8) is 0 Å². The molecule has 1 aromatic heterocycles. The Hall–Kier alpha value is -5.08. The number of hydrogen-bond donors (Lipinski definition) is 1. The molecule has 0 radical (unpaired) electrons. The number of ketones is 2. The number of fused-ring (bicyclic) bond motifs is 4. The predicted octanol–water partition coefficient (Wildman–Crippen LogP) is 6.49. The maximum atomic E-state index is 15.1. The standard InChI is InChI=1S/C40H33NO6S/c1-47-32-16-8-15-31(42)35(32)36-26-17-18-27-34(39(46)41(38(27)45)22-25-14-9-19-48-25)29(26)20-30-37(44)28(23-10-4-2-5-11-23)21-33(43)40(30,36)24-12-6-3-7-13-24/h2-17,19,21,27,29-30,34,36,42H,18,20,22H2,1H3. The largest absolute Gasteiger partial charge is 0.508 e. The Kier molecular flexibility index (Phi) is 7.29. The minimum Gasteiger partial charge on any atom is -0.508 e. The van der Waals surface area contributed by atoms with Gasteiger partial charge in [-0.25, -0.2) is 0 Å². The summed E-state index contributed by atoms with van der Waals surface area (Å²) in [5.41, 5.74) is 1.36. The number of rotatable bonds is 6. The molecule has 8 heteroatoms. The lowest BCUT2D eigenvalue weighted by molar-refractivity contribution is -0.141. The summed E-state index contributed by atoms with van der Waals surface area (Å²) in [6.45, 7) is 0.205. The smallest absolute Gasteiger partial charge is 0.234 e. The first-order valence-electron chi connectivity index (χ1n) is 16.2. The second-order valence-corrected chi connectivity index (χ2v) is 14.1. The predicted molar refractivity (Wildman–Crippen MR) is 181 cm³/mol. The van der Waals surface area contributed by atoms with E-state index in [1.165, 1.54) is 29.4 Å². The van der Waals surface area contributed by atoms with Crippen LogP contribution in [0.4, 0.5) is 0 Å². The van der Waals surface area contributed by atoms with Crippen LogP contribution in [0.25, 0.3) is 5.57 Å². The molecule has 6 atom stereocenters. The quantitative estimate of drug-likeness (QED) is 0.188. The molecule has 2 heterocycles. The maximum absolute atomic E-state index is 15.1. The number of Topliss-reactive ketones (excluding diaryl/α,β-unsaturated/α-hetero) is 1. The number of thiophene rings is 1. The number of imide groups is 1. The number of benzene rings is 3. The van der Waals surface area contributed by atoms with Gasteiger partial charge in [-0.3, -0.25) is 24.1 Å². The first kappa shape index (κ1) is 30.3. The van der Waals surface area contributed by atoms with Gasteiger partial charge in [-0.15, -0.1) is 11.3 Å². The fourth-order valence-electron chi connectivity index (χ4n) is 8.97. The van der Waals surface area contributed by atoms with Gasteiger partial charge in [0.05, 0.1) is 30.9 Å². The summed E-state index contributed by atoms with van der Waals surface area (Å²) < 4.78 is 5.85. The summed E-state index contributed by atoms with van der Waals surface area (Å²) in [4.78, 5) is 60.6. The molecule has 7 nitrogen and oxygen atoms in total. The molecule has 1 N–H and O–H groups in total. The Balaban J connectivity index is 1.37. The Labute approximate surface area is 282 Å². The molecular weight excluding hydrogens is 623 g/mol. The third-order valence-corrected chi connectivity index (χ3v) is 11.8. The number of methoxy groups -OCH3 is 1. The molecule has 8 rings (SSSR count). The molecular formula is C40H33NO6S. The van der Waals surface area contributed by atoms with Gasteiger partial charge in [0.2, 0.25) is 11.8 Å². The number of phenols is 1. The molecule has 48 heavy (non-hydrogen) atoms. The number of phenolic OH excluding ortho intramolecular Hbond substituents is 1. The van der Waals surface area contributed by atoms with Crippen LogP contribution in [0.3, 0.4) is 0 Å². The molecule has 3 aliphatic carbocycles. The van der Waals surface area contributed by atoms with Gasteiger partial charge in [0.15, 0.2) is 11.6 Å². The van der Waals surface area contributed by atoms with E-state index in [1.54, 1.807) is 18.2 Å². The van der Waals surface area contributed by atoms with Gasteiger partial charge in [0.1, 0.15) is 11.5 Å². The van der Waals surface area contributed by atoms with Crippen molar-refractivity contribution in [3.8, 4) is 11.5 Å². The molecule has 2 amide bonds. The van der Waals surface area contributed by atoms with Crippen molar-refractivity contribution < 1.29 is 29.0 Å². The molecule has 3 aromatic carbocycles. The van der Waals surface area contributed by atoms with Crippen LogP contribution in [0.15, 0.2) is 114 Å². The first-order chi connectivity index (χ1) is 23.4. The van der Waals surface area contributed by atoms with Crippen LogP contribution in [0.2, 0.25) is 0 Å². The molecule has 0 bridgehead atoms. The highest BCUT2D eigenvalue weighted by Gasteiger charge is 2.66. The first-order valence-corrected chi connectivity index (χ1v) is 17.1. The number of amides is 2. The number of likely N-dealkylation sites (tertiary alicyclic amines) is 1. The van der Waals surface area contributed by atoms with Gasteiger partial charge >= 0.3 is 0 Å². The number of nitrogens with zero attached hydrogens (tertiary/aromatic N) is 1. The van der Waals surface area contributed by atoms with Crippen LogP contribution < -0.4 is 4.74 Å². The monoisotopic (exact) mass is 655 g/mol. The van der Waals surface area contributed by atoms with Crippen LogP contribution in [0.1, 0.15) is 40.3 Å². The number of carbonyl (C=O) groups excluding carboxylic acids is 4. The summed E-state index contributed by atoms with van der Waals surface area (Å²) >= 11 is 1.49. The van der Waals surface area contributed by atoms with E-state index in [0.29, 0.717) is 34.4 Å². The summed E-state index contributed by atoms with van der Waals surface area (Å²) in [6.07, 6.45) is 3.99. The van der Waals surface area contributed by atoms with Crippen LogP contribution >= 0.6 is 11.3 Å². The highest BCUT2D eigenvalue weighted by Crippen LogP contribution is 2.65. The molecule has 4 aliphatic rings. The van der Waals surface area contributed by atoms with Crippen LogP contribution in [0.5, 0.6) is 11.5 Å². The highest BCUT2D eigenvalue weighted by atomic mass is 32.1. The second kappa shape index (κ2) is 11.6. The molecule has 240 valence electrons. The van der Waals surface area contributed by atoms with Crippen molar-refractivity contribution in [2.24, 2.45) is 23.7 Å². The van der Waals surface area contributed by atoms with Crippen molar-refractivity contribution in [2.75, 3.05) is 7.11 Å². The van der Waals surface area contributed by atoms with Gasteiger partial charge in [-0.05, 0) is 59.5 Å². The minimum absolute atomic E-state index is 0.0664. The Morgan fingerprint density at radius 3 is 2.33 bits per heavy atom. The summed E-state index contributed by atoms with van der Waals surface area (Å²) in [5, 5.41) is 13.5. The molecule has 0 spiro atoms. The highest BCUT2D eigenvalue weighted by molar-refractivity contribution is 7.09. The van der Waals surface area contributed by atoms with Crippen LogP contribution in [-0.2, 0) is 31.1 Å². The number of carbonyl (C=O) groups is 4. The van der Waals surface area contributed by atoms with E-state index in [4.69, 9.17) is 4.74 Å². The number of ether oxygens (including phenoxy) is 1. The average Bonchev–Trinajstić information content (AvgIpc) is 3.72. The lowest BCUT2D eigenvalue weighted by Crippen LogP contribution is -2.58. The van der Waals surface area contributed by atoms with E-state index in [9.17, 15) is 19.5 Å². The van der Waals surface area contributed by atoms with E-state index in [-0.39, 0.29) is 42.1 Å². The van der Waals surface area contributed by atoms with Gasteiger partial charge < -0.3 is 9.84 Å².